The molecule has 1 aromatic rings. The number of hydrogen-bond donors (Lipinski definition) is 1. The molecular weight excluding hydrogens is 336 g/mol. The summed E-state index contributed by atoms with van der Waals surface area (Å²) in [6, 6.07) is 4.69. The normalized spacial score (nSPS) is 21.2. The maximum atomic E-state index is 11.2. The van der Waals surface area contributed by atoms with Crippen molar-refractivity contribution in [3.05, 3.63) is 23.8 Å². The minimum absolute atomic E-state index is 0.0210. The monoisotopic (exact) mass is 366 g/mol. The number of carboxylic acids is 1. The average molecular weight is 367 g/mol. The second-order valence-electron chi connectivity index (χ2n) is 8.22. The van der Waals surface area contributed by atoms with Crippen molar-refractivity contribution in [3.63, 3.8) is 0 Å². The van der Waals surface area contributed by atoms with E-state index in [2.05, 4.69) is 33.9 Å². The molecule has 1 fully saturated rings. The molecule has 0 radical (unpaired) electrons. The molecule has 6 heteroatoms. The Morgan fingerprint density at radius 2 is 1.80 bits per heavy atom. The van der Waals surface area contributed by atoms with Crippen molar-refractivity contribution in [3.8, 4) is 11.5 Å². The highest BCUT2D eigenvalue weighted by Gasteiger charge is 2.41. The van der Waals surface area contributed by atoms with Crippen molar-refractivity contribution in [1.82, 2.24) is 0 Å². The van der Waals surface area contributed by atoms with E-state index >= 15 is 0 Å². The highest BCUT2D eigenvalue weighted by molar-refractivity contribution is 6.74. The fourth-order valence-electron chi connectivity index (χ4n) is 2.79. The molecule has 2 atom stereocenters. The Morgan fingerprint density at radius 3 is 2.36 bits per heavy atom. The lowest BCUT2D eigenvalue weighted by molar-refractivity contribution is 0.0695. The zero-order valence-electron chi connectivity index (χ0n) is 16.1. The lowest BCUT2D eigenvalue weighted by atomic mass is 10.2. The van der Waals surface area contributed by atoms with Crippen LogP contribution in [0.1, 0.15) is 50.4 Å². The zero-order chi connectivity index (χ0) is 18.8. The summed E-state index contributed by atoms with van der Waals surface area (Å²) in [6.45, 7) is 11.3. The lowest BCUT2D eigenvalue weighted by Gasteiger charge is -2.38. The van der Waals surface area contributed by atoms with Crippen molar-refractivity contribution >= 4 is 14.3 Å². The Morgan fingerprint density at radius 1 is 1.16 bits per heavy atom. The van der Waals surface area contributed by atoms with Gasteiger partial charge in [0.1, 0.15) is 6.10 Å². The number of benzene rings is 1. The minimum atomic E-state index is -1.79. The molecule has 1 aliphatic carbocycles. The Labute approximate surface area is 151 Å². The molecule has 1 aromatic carbocycles. The number of hydrogen-bond acceptors (Lipinski definition) is 4. The van der Waals surface area contributed by atoms with Crippen LogP contribution in [0, 0.1) is 0 Å². The van der Waals surface area contributed by atoms with Crippen LogP contribution in [0.2, 0.25) is 18.1 Å². The molecule has 0 saturated heterocycles. The molecule has 1 N–H and O–H groups in total. The molecule has 1 aliphatic rings. The average Bonchev–Trinajstić information content (AvgIpc) is 2.92. The van der Waals surface area contributed by atoms with E-state index < -0.39 is 14.3 Å². The van der Waals surface area contributed by atoms with Crippen LogP contribution in [0.3, 0.4) is 0 Å². The van der Waals surface area contributed by atoms with Gasteiger partial charge in [-0.1, -0.05) is 20.8 Å². The second-order valence-corrected chi connectivity index (χ2v) is 13.0. The predicted molar refractivity (Wildman–Crippen MR) is 100 cm³/mol. The van der Waals surface area contributed by atoms with Crippen LogP contribution < -0.4 is 9.47 Å². The molecule has 0 aliphatic heterocycles. The third-order valence-electron chi connectivity index (χ3n) is 5.31. The summed E-state index contributed by atoms with van der Waals surface area (Å²) in [7, 11) is -0.235. The maximum absolute atomic E-state index is 11.2. The SMILES string of the molecule is COc1ccc(C(=O)O)cc1OC1CCC(O[Si](C)(C)C(C)(C)C)C1. The van der Waals surface area contributed by atoms with Gasteiger partial charge in [0, 0.05) is 12.5 Å². The molecular formula is C19H30O5Si. The van der Waals surface area contributed by atoms with Gasteiger partial charge in [0.25, 0.3) is 0 Å². The first-order chi connectivity index (χ1) is 11.5. The maximum Gasteiger partial charge on any atom is 0.335 e. The van der Waals surface area contributed by atoms with E-state index in [-0.39, 0.29) is 22.8 Å². The van der Waals surface area contributed by atoms with Crippen LogP contribution in [-0.4, -0.2) is 38.7 Å². The Hall–Kier alpha value is -1.53. The molecule has 0 spiro atoms. The highest BCUT2D eigenvalue weighted by Crippen LogP contribution is 2.40. The molecule has 5 nitrogen and oxygen atoms in total. The summed E-state index contributed by atoms with van der Waals surface area (Å²) in [5.41, 5.74) is 0.197. The van der Waals surface area contributed by atoms with Crippen LogP contribution >= 0.6 is 0 Å². The van der Waals surface area contributed by atoms with Crippen molar-refractivity contribution in [2.45, 2.75) is 70.4 Å². The van der Waals surface area contributed by atoms with Gasteiger partial charge in [-0.25, -0.2) is 4.79 Å². The highest BCUT2D eigenvalue weighted by atomic mass is 28.4. The molecule has 0 amide bonds. The third kappa shape index (κ3) is 4.76. The molecule has 2 unspecified atom stereocenters. The largest absolute Gasteiger partial charge is 0.493 e. The second kappa shape index (κ2) is 7.38. The standard InChI is InChI=1S/C19H30O5Si/c1-19(2,3)25(5,6)24-15-9-8-14(12-15)23-17-11-13(18(20)21)7-10-16(17)22-4/h7,10-11,14-15H,8-9,12H2,1-6H3,(H,20,21). The number of carbonyl (C=O) groups is 1. The quantitative estimate of drug-likeness (QED) is 0.738. The van der Waals surface area contributed by atoms with Gasteiger partial charge in [0.15, 0.2) is 19.8 Å². The zero-order valence-corrected chi connectivity index (χ0v) is 17.1. The summed E-state index contributed by atoms with van der Waals surface area (Å²) in [4.78, 5) is 11.2. The van der Waals surface area contributed by atoms with Gasteiger partial charge < -0.3 is 19.0 Å². The van der Waals surface area contributed by atoms with Crippen molar-refractivity contribution < 1.29 is 23.8 Å². The fourth-order valence-corrected chi connectivity index (χ4v) is 4.19. The fraction of sp³-hybridized carbons (Fsp3) is 0.632. The van der Waals surface area contributed by atoms with Crippen LogP contribution in [0.15, 0.2) is 18.2 Å². The number of carboxylic acid groups (broad SMARTS) is 1. The Kier molecular flexibility index (Phi) is 5.84. The first-order valence-electron chi connectivity index (χ1n) is 8.79. The number of ether oxygens (including phenoxy) is 2. The van der Waals surface area contributed by atoms with E-state index in [4.69, 9.17) is 19.0 Å². The Balaban J connectivity index is 2.04. The Bertz CT molecular complexity index is 621. The van der Waals surface area contributed by atoms with Gasteiger partial charge in [0.2, 0.25) is 0 Å². The van der Waals surface area contributed by atoms with Gasteiger partial charge in [0.05, 0.1) is 12.7 Å². The number of rotatable bonds is 6. The van der Waals surface area contributed by atoms with Crippen molar-refractivity contribution in [1.29, 1.82) is 0 Å². The summed E-state index contributed by atoms with van der Waals surface area (Å²) in [6.07, 6.45) is 2.93. The molecule has 0 aromatic heterocycles. The summed E-state index contributed by atoms with van der Waals surface area (Å²) >= 11 is 0. The van der Waals surface area contributed by atoms with E-state index in [1.807, 2.05) is 0 Å². The van der Waals surface area contributed by atoms with Crippen LogP contribution in [0.5, 0.6) is 11.5 Å². The molecule has 0 bridgehead atoms. The topological polar surface area (TPSA) is 65.0 Å². The van der Waals surface area contributed by atoms with E-state index in [0.717, 1.165) is 19.3 Å². The smallest absolute Gasteiger partial charge is 0.335 e. The van der Waals surface area contributed by atoms with E-state index in [1.54, 1.807) is 13.2 Å². The van der Waals surface area contributed by atoms with Crippen LogP contribution in [0.25, 0.3) is 0 Å². The summed E-state index contributed by atoms with van der Waals surface area (Å²) in [5, 5.41) is 9.35. The van der Waals surface area contributed by atoms with Gasteiger partial charge in [-0.2, -0.15) is 0 Å². The van der Waals surface area contributed by atoms with Crippen molar-refractivity contribution in [2.75, 3.05) is 7.11 Å². The summed E-state index contributed by atoms with van der Waals surface area (Å²) in [5.74, 6) is 0.0669. The number of methoxy groups -OCH3 is 1. The summed E-state index contributed by atoms with van der Waals surface area (Å²) < 4.78 is 17.8. The van der Waals surface area contributed by atoms with Gasteiger partial charge in [-0.05, 0) is 49.2 Å². The van der Waals surface area contributed by atoms with Crippen LogP contribution in [0.4, 0.5) is 0 Å². The molecule has 140 valence electrons. The first kappa shape index (κ1) is 19.8. The molecule has 1 saturated carbocycles. The van der Waals surface area contributed by atoms with Crippen molar-refractivity contribution in [2.24, 2.45) is 0 Å². The van der Waals surface area contributed by atoms with Gasteiger partial charge in [-0.3, -0.25) is 0 Å². The lowest BCUT2D eigenvalue weighted by Crippen LogP contribution is -2.43. The molecule has 25 heavy (non-hydrogen) atoms. The van der Waals surface area contributed by atoms with E-state index in [1.165, 1.54) is 12.1 Å². The molecule has 2 rings (SSSR count). The van der Waals surface area contributed by atoms with Gasteiger partial charge in [-0.15, -0.1) is 0 Å². The molecule has 0 heterocycles. The van der Waals surface area contributed by atoms with Crippen LogP contribution in [-0.2, 0) is 4.43 Å². The van der Waals surface area contributed by atoms with E-state index in [0.29, 0.717) is 11.5 Å². The van der Waals surface area contributed by atoms with E-state index in [9.17, 15) is 4.79 Å². The number of aromatic carboxylic acids is 1. The predicted octanol–water partition coefficient (Wildman–Crippen LogP) is 4.72. The first-order valence-corrected chi connectivity index (χ1v) is 11.7. The third-order valence-corrected chi connectivity index (χ3v) is 9.84. The minimum Gasteiger partial charge on any atom is -0.493 e. The van der Waals surface area contributed by atoms with Gasteiger partial charge >= 0.3 is 5.97 Å².